The van der Waals surface area contributed by atoms with E-state index in [4.69, 9.17) is 0 Å². The molecule has 0 saturated carbocycles. The Morgan fingerprint density at radius 2 is 1.81 bits per heavy atom. The second kappa shape index (κ2) is 8.76. The van der Waals surface area contributed by atoms with Crippen molar-refractivity contribution in [2.75, 3.05) is 13.2 Å². The van der Waals surface area contributed by atoms with Gasteiger partial charge in [0.25, 0.3) is 0 Å². The van der Waals surface area contributed by atoms with E-state index in [9.17, 15) is 14.7 Å². The Hall–Kier alpha value is -1.52. The molecule has 5 heteroatoms. The minimum Gasteiger partial charge on any atom is -0.502 e. The predicted octanol–water partition coefficient (Wildman–Crippen LogP) is 1.72. The van der Waals surface area contributed by atoms with Crippen LogP contribution in [0.15, 0.2) is 11.8 Å². The lowest BCUT2D eigenvalue weighted by Gasteiger charge is -2.02. The summed E-state index contributed by atoms with van der Waals surface area (Å²) >= 11 is 0. The number of hydrogen-bond donors (Lipinski definition) is 1. The van der Waals surface area contributed by atoms with E-state index in [1.54, 1.807) is 0 Å². The van der Waals surface area contributed by atoms with E-state index < -0.39 is 17.7 Å². The molecule has 16 heavy (non-hydrogen) atoms. The molecule has 0 rings (SSSR count). The molecule has 0 saturated heterocycles. The summed E-state index contributed by atoms with van der Waals surface area (Å²) in [6, 6.07) is 0. The van der Waals surface area contributed by atoms with E-state index in [1.165, 1.54) is 0 Å². The van der Waals surface area contributed by atoms with E-state index in [0.29, 0.717) is 6.42 Å². The van der Waals surface area contributed by atoms with Gasteiger partial charge in [-0.2, -0.15) is 0 Å². The summed E-state index contributed by atoms with van der Waals surface area (Å²) in [4.78, 5) is 22.1. The predicted molar refractivity (Wildman–Crippen MR) is 57.8 cm³/mol. The second-order valence-corrected chi connectivity index (χ2v) is 3.19. The molecule has 0 fully saturated rings. The fourth-order valence-corrected chi connectivity index (χ4v) is 0.798. The molecule has 5 nitrogen and oxygen atoms in total. The Kier molecular flexibility index (Phi) is 7.93. The van der Waals surface area contributed by atoms with Gasteiger partial charge in [-0.25, -0.2) is 9.59 Å². The van der Waals surface area contributed by atoms with Crippen LogP contribution in [-0.2, 0) is 19.1 Å². The van der Waals surface area contributed by atoms with Crippen molar-refractivity contribution in [2.45, 2.75) is 33.1 Å². The largest absolute Gasteiger partial charge is 0.502 e. The molecule has 0 aliphatic carbocycles. The standard InChI is InChI=1S/C11H18O5/c1-3-5-7-16-11(14)9(12)8-10(13)15-6-4-2/h8,12H,3-7H2,1-2H3/b9-8-. The zero-order valence-electron chi connectivity index (χ0n) is 9.69. The summed E-state index contributed by atoms with van der Waals surface area (Å²) < 4.78 is 9.34. The van der Waals surface area contributed by atoms with E-state index in [1.807, 2.05) is 13.8 Å². The lowest BCUT2D eigenvalue weighted by Crippen LogP contribution is -2.11. The van der Waals surface area contributed by atoms with Crippen molar-refractivity contribution in [3.8, 4) is 0 Å². The van der Waals surface area contributed by atoms with Crippen LogP contribution in [0.1, 0.15) is 33.1 Å². The maximum absolute atomic E-state index is 11.1. The number of ether oxygens (including phenoxy) is 2. The van der Waals surface area contributed by atoms with Crippen molar-refractivity contribution >= 4 is 11.9 Å². The van der Waals surface area contributed by atoms with Crippen molar-refractivity contribution in [1.29, 1.82) is 0 Å². The van der Waals surface area contributed by atoms with Crippen molar-refractivity contribution in [3.63, 3.8) is 0 Å². The minimum atomic E-state index is -0.901. The third kappa shape index (κ3) is 6.86. The van der Waals surface area contributed by atoms with Crippen LogP contribution in [0.4, 0.5) is 0 Å². The summed E-state index contributed by atoms with van der Waals surface area (Å²) in [6.07, 6.45) is 3.01. The van der Waals surface area contributed by atoms with Crippen LogP contribution in [0.3, 0.4) is 0 Å². The van der Waals surface area contributed by atoms with Gasteiger partial charge in [0, 0.05) is 0 Å². The molecule has 0 aliphatic heterocycles. The maximum Gasteiger partial charge on any atom is 0.373 e. The van der Waals surface area contributed by atoms with Crippen LogP contribution in [0.25, 0.3) is 0 Å². The Morgan fingerprint density at radius 3 is 2.38 bits per heavy atom. The molecular formula is C11H18O5. The molecule has 1 N–H and O–H groups in total. The molecule has 0 aliphatic rings. The molecule has 92 valence electrons. The highest BCUT2D eigenvalue weighted by Gasteiger charge is 2.11. The van der Waals surface area contributed by atoms with Crippen LogP contribution in [0.5, 0.6) is 0 Å². The number of rotatable bonds is 7. The molecule has 0 aromatic carbocycles. The van der Waals surface area contributed by atoms with Gasteiger partial charge >= 0.3 is 11.9 Å². The Bertz CT molecular complexity index is 257. The number of carbonyl (C=O) groups excluding carboxylic acids is 2. The van der Waals surface area contributed by atoms with Gasteiger partial charge in [0.05, 0.1) is 19.3 Å². The van der Waals surface area contributed by atoms with E-state index >= 15 is 0 Å². The summed E-state index contributed by atoms with van der Waals surface area (Å²) in [6.45, 7) is 4.28. The summed E-state index contributed by atoms with van der Waals surface area (Å²) in [5.74, 6) is -2.37. The summed E-state index contributed by atoms with van der Waals surface area (Å²) in [7, 11) is 0. The number of hydrogen-bond acceptors (Lipinski definition) is 5. The molecule has 0 bridgehead atoms. The fraction of sp³-hybridized carbons (Fsp3) is 0.636. The quantitative estimate of drug-likeness (QED) is 0.312. The van der Waals surface area contributed by atoms with Gasteiger partial charge in [0.2, 0.25) is 5.76 Å². The van der Waals surface area contributed by atoms with Gasteiger partial charge in [-0.1, -0.05) is 20.3 Å². The monoisotopic (exact) mass is 230 g/mol. The molecule has 0 radical (unpaired) electrons. The van der Waals surface area contributed by atoms with Crippen molar-refractivity contribution in [3.05, 3.63) is 11.8 Å². The van der Waals surface area contributed by atoms with E-state index in [2.05, 4.69) is 9.47 Å². The summed E-state index contributed by atoms with van der Waals surface area (Å²) in [5.41, 5.74) is 0. The molecule has 0 unspecified atom stereocenters. The second-order valence-electron chi connectivity index (χ2n) is 3.19. The van der Waals surface area contributed by atoms with Crippen LogP contribution in [-0.4, -0.2) is 30.3 Å². The van der Waals surface area contributed by atoms with Gasteiger partial charge in [-0.05, 0) is 12.8 Å². The highest BCUT2D eigenvalue weighted by Crippen LogP contribution is 1.97. The molecule has 0 aromatic heterocycles. The van der Waals surface area contributed by atoms with Gasteiger partial charge < -0.3 is 14.6 Å². The maximum atomic E-state index is 11.1. The third-order valence-electron chi connectivity index (χ3n) is 1.64. The van der Waals surface area contributed by atoms with Gasteiger partial charge in [-0.3, -0.25) is 0 Å². The number of aliphatic hydroxyl groups excluding tert-OH is 1. The highest BCUT2D eigenvalue weighted by atomic mass is 16.5. The first-order chi connectivity index (χ1) is 7.61. The smallest absolute Gasteiger partial charge is 0.373 e. The topological polar surface area (TPSA) is 72.8 Å². The van der Waals surface area contributed by atoms with Gasteiger partial charge in [-0.15, -0.1) is 0 Å². The molecule has 0 aromatic rings. The fourth-order valence-electron chi connectivity index (χ4n) is 0.798. The Balaban J connectivity index is 4.00. The van der Waals surface area contributed by atoms with Crippen molar-refractivity contribution < 1.29 is 24.2 Å². The van der Waals surface area contributed by atoms with Crippen LogP contribution in [0.2, 0.25) is 0 Å². The third-order valence-corrected chi connectivity index (χ3v) is 1.64. The van der Waals surface area contributed by atoms with E-state index in [-0.39, 0.29) is 13.2 Å². The normalized spacial score (nSPS) is 11.0. The summed E-state index contributed by atoms with van der Waals surface area (Å²) in [5, 5.41) is 9.17. The Labute approximate surface area is 95.0 Å². The first-order valence-corrected chi connectivity index (χ1v) is 5.36. The lowest BCUT2D eigenvalue weighted by atomic mass is 10.3. The first-order valence-electron chi connectivity index (χ1n) is 5.36. The highest BCUT2D eigenvalue weighted by molar-refractivity contribution is 5.94. The van der Waals surface area contributed by atoms with E-state index in [0.717, 1.165) is 18.9 Å². The van der Waals surface area contributed by atoms with Gasteiger partial charge in [0.1, 0.15) is 0 Å². The zero-order valence-corrected chi connectivity index (χ0v) is 9.69. The average molecular weight is 230 g/mol. The number of carbonyl (C=O) groups is 2. The number of esters is 2. The molecule has 0 amide bonds. The van der Waals surface area contributed by atoms with Crippen molar-refractivity contribution in [2.24, 2.45) is 0 Å². The lowest BCUT2D eigenvalue weighted by molar-refractivity contribution is -0.144. The van der Waals surface area contributed by atoms with Gasteiger partial charge in [0.15, 0.2) is 0 Å². The molecule has 0 spiro atoms. The van der Waals surface area contributed by atoms with Crippen molar-refractivity contribution in [1.82, 2.24) is 0 Å². The number of aliphatic hydroxyl groups is 1. The zero-order chi connectivity index (χ0) is 12.4. The molecule has 0 atom stereocenters. The number of unbranched alkanes of at least 4 members (excludes halogenated alkanes) is 1. The van der Waals surface area contributed by atoms with Crippen LogP contribution < -0.4 is 0 Å². The van der Waals surface area contributed by atoms with Crippen LogP contribution >= 0.6 is 0 Å². The molecule has 0 heterocycles. The SMILES string of the molecule is CCCCOC(=O)/C(O)=C/C(=O)OCCC. The van der Waals surface area contributed by atoms with Crippen LogP contribution in [0, 0.1) is 0 Å². The average Bonchev–Trinajstić information content (AvgIpc) is 2.26. The first kappa shape index (κ1) is 14.5. The minimum absolute atomic E-state index is 0.233. The molecular weight excluding hydrogens is 212 g/mol. The Morgan fingerprint density at radius 1 is 1.12 bits per heavy atom.